The number of hydrogen-bond donors (Lipinski definition) is 2. The van der Waals surface area contributed by atoms with Crippen molar-refractivity contribution in [1.82, 2.24) is 24.9 Å². The van der Waals surface area contributed by atoms with E-state index in [9.17, 15) is 22.4 Å². The van der Waals surface area contributed by atoms with E-state index >= 15 is 0 Å². The first kappa shape index (κ1) is 25.2. The largest absolute Gasteiger partial charge is 0.406 e. The van der Waals surface area contributed by atoms with Crippen molar-refractivity contribution in [3.63, 3.8) is 0 Å². The van der Waals surface area contributed by atoms with Crippen molar-refractivity contribution in [3.05, 3.63) is 52.5 Å². The van der Waals surface area contributed by atoms with Gasteiger partial charge in [0.1, 0.15) is 12.7 Å². The van der Waals surface area contributed by atoms with Crippen LogP contribution in [0.4, 0.5) is 23.2 Å². The first-order chi connectivity index (χ1) is 17.7. The summed E-state index contributed by atoms with van der Waals surface area (Å²) in [6, 6.07) is 7.67. The molecule has 196 valence electrons. The van der Waals surface area contributed by atoms with Crippen molar-refractivity contribution in [2.45, 2.75) is 37.9 Å². The van der Waals surface area contributed by atoms with E-state index in [4.69, 9.17) is 4.52 Å². The molecule has 0 saturated carbocycles. The van der Waals surface area contributed by atoms with Crippen LogP contribution in [0.15, 0.2) is 45.6 Å². The van der Waals surface area contributed by atoms with E-state index in [1.807, 2.05) is 11.9 Å². The monoisotopic (exact) mass is 536 g/mol. The normalized spacial score (nSPS) is 18.8. The van der Waals surface area contributed by atoms with Crippen LogP contribution in [0.3, 0.4) is 0 Å². The second kappa shape index (κ2) is 10.1. The van der Waals surface area contributed by atoms with Crippen LogP contribution in [0.2, 0.25) is 0 Å². The maximum Gasteiger partial charge on any atom is 0.406 e. The van der Waals surface area contributed by atoms with Gasteiger partial charge in [-0.1, -0.05) is 11.2 Å². The number of hydrogen-bond acceptors (Lipinski definition) is 7. The van der Waals surface area contributed by atoms with Gasteiger partial charge in [0.2, 0.25) is 11.7 Å². The van der Waals surface area contributed by atoms with Gasteiger partial charge in [0.05, 0.1) is 23.8 Å². The maximum absolute atomic E-state index is 14.7. The van der Waals surface area contributed by atoms with Gasteiger partial charge in [0.15, 0.2) is 0 Å². The predicted molar refractivity (Wildman–Crippen MR) is 131 cm³/mol. The van der Waals surface area contributed by atoms with Gasteiger partial charge in [-0.2, -0.15) is 29.5 Å². The topological polar surface area (TPSA) is 88.2 Å². The van der Waals surface area contributed by atoms with Gasteiger partial charge >= 0.3 is 6.18 Å². The number of carbonyl (C=O) groups excluding carboxylic acids is 1. The summed E-state index contributed by atoms with van der Waals surface area (Å²) < 4.78 is 61.6. The Morgan fingerprint density at radius 1 is 1.30 bits per heavy atom. The van der Waals surface area contributed by atoms with Crippen LogP contribution < -0.4 is 10.6 Å². The molecule has 1 saturated heterocycles. The molecule has 1 aromatic carbocycles. The van der Waals surface area contributed by atoms with Gasteiger partial charge in [0, 0.05) is 35.1 Å². The minimum absolute atomic E-state index is 0.0474. The summed E-state index contributed by atoms with van der Waals surface area (Å²) in [6.07, 6.45) is -5.06. The smallest absolute Gasteiger partial charge is 0.379 e. The minimum atomic E-state index is -4.51. The number of aromatic nitrogens is 3. The van der Waals surface area contributed by atoms with E-state index in [2.05, 4.69) is 20.8 Å². The van der Waals surface area contributed by atoms with Crippen molar-refractivity contribution in [3.8, 4) is 11.5 Å². The first-order valence-electron chi connectivity index (χ1n) is 11.6. The predicted octanol–water partition coefficient (Wildman–Crippen LogP) is 4.70. The van der Waals surface area contributed by atoms with Crippen LogP contribution in [0.5, 0.6) is 0 Å². The number of fused-ring (bicyclic) bond motifs is 1. The van der Waals surface area contributed by atoms with Gasteiger partial charge in [-0.05, 0) is 43.1 Å². The summed E-state index contributed by atoms with van der Waals surface area (Å²) >= 11 is 1.38. The molecule has 4 heterocycles. The molecule has 2 atom stereocenters. The third-order valence-electron chi connectivity index (χ3n) is 6.25. The number of piperidine rings is 1. The highest BCUT2D eigenvalue weighted by Crippen LogP contribution is 2.35. The zero-order chi connectivity index (χ0) is 26.2. The van der Waals surface area contributed by atoms with Gasteiger partial charge < -0.3 is 24.6 Å². The lowest BCUT2D eigenvalue weighted by molar-refractivity contribution is -0.139. The number of nitrogens with zero attached hydrogens (tertiary/aromatic N) is 4. The van der Waals surface area contributed by atoms with Gasteiger partial charge in [-0.25, -0.2) is 4.39 Å². The van der Waals surface area contributed by atoms with E-state index in [1.165, 1.54) is 11.3 Å². The van der Waals surface area contributed by atoms with Crippen molar-refractivity contribution >= 4 is 33.8 Å². The van der Waals surface area contributed by atoms with E-state index in [-0.39, 0.29) is 36.4 Å². The lowest BCUT2D eigenvalue weighted by atomic mass is 10.0. The van der Waals surface area contributed by atoms with Crippen molar-refractivity contribution < 1.29 is 26.9 Å². The Hall–Kier alpha value is -3.45. The molecule has 2 N–H and O–H groups in total. The lowest BCUT2D eigenvalue weighted by Gasteiger charge is -2.33. The third-order valence-corrected chi connectivity index (χ3v) is 6.93. The molecule has 37 heavy (non-hydrogen) atoms. The number of rotatable bonds is 7. The SMILES string of the molecule is CN1CC[C@H](Nc2cccc3c2cc(-c2noc(CNC(=O)c4ccsc4)n2)n3CC(F)(F)F)[C@H](F)C1. The average Bonchev–Trinajstić information content (AvgIpc) is 3.59. The van der Waals surface area contributed by atoms with Crippen LogP contribution in [-0.4, -0.2) is 64.0 Å². The fourth-order valence-electron chi connectivity index (χ4n) is 4.45. The number of halogens is 4. The van der Waals surface area contributed by atoms with Gasteiger partial charge in [-0.3, -0.25) is 4.79 Å². The van der Waals surface area contributed by atoms with Crippen molar-refractivity contribution in [1.29, 1.82) is 0 Å². The molecule has 0 bridgehead atoms. The van der Waals surface area contributed by atoms with E-state index < -0.39 is 24.9 Å². The van der Waals surface area contributed by atoms with Crippen molar-refractivity contribution in [2.24, 2.45) is 0 Å². The minimum Gasteiger partial charge on any atom is -0.379 e. The van der Waals surface area contributed by atoms with Crippen LogP contribution in [-0.2, 0) is 13.1 Å². The highest BCUT2D eigenvalue weighted by molar-refractivity contribution is 7.08. The molecular weight excluding hydrogens is 512 g/mol. The number of alkyl halides is 4. The van der Waals surface area contributed by atoms with Gasteiger partial charge in [0.25, 0.3) is 5.91 Å². The Bertz CT molecular complexity index is 1380. The number of likely N-dealkylation sites (tertiary alicyclic amines) is 1. The molecular formula is C24H24F4N6O2S. The molecule has 0 aliphatic carbocycles. The number of thiophene rings is 1. The fourth-order valence-corrected chi connectivity index (χ4v) is 5.08. The van der Waals surface area contributed by atoms with E-state index in [0.29, 0.717) is 35.1 Å². The molecule has 1 fully saturated rings. The average molecular weight is 537 g/mol. The number of carbonyl (C=O) groups is 1. The van der Waals surface area contributed by atoms with Crippen LogP contribution >= 0.6 is 11.3 Å². The maximum atomic E-state index is 14.7. The molecule has 0 radical (unpaired) electrons. The Morgan fingerprint density at radius 2 is 2.14 bits per heavy atom. The second-order valence-electron chi connectivity index (χ2n) is 8.99. The van der Waals surface area contributed by atoms with E-state index in [0.717, 1.165) is 4.57 Å². The molecule has 1 amide bonds. The van der Waals surface area contributed by atoms with Crippen LogP contribution in [0, 0.1) is 0 Å². The molecule has 4 aromatic rings. The summed E-state index contributed by atoms with van der Waals surface area (Å²) in [6.45, 7) is -0.360. The molecule has 13 heteroatoms. The number of benzene rings is 1. The zero-order valence-electron chi connectivity index (χ0n) is 19.8. The summed E-state index contributed by atoms with van der Waals surface area (Å²) in [7, 11) is 1.85. The number of nitrogens with one attached hydrogen (secondary N) is 2. The summed E-state index contributed by atoms with van der Waals surface area (Å²) in [5.41, 5.74) is 1.41. The molecule has 3 aromatic heterocycles. The van der Waals surface area contributed by atoms with Gasteiger partial charge in [-0.15, -0.1) is 0 Å². The Morgan fingerprint density at radius 3 is 2.86 bits per heavy atom. The highest BCUT2D eigenvalue weighted by atomic mass is 32.1. The second-order valence-corrected chi connectivity index (χ2v) is 9.77. The molecule has 1 aliphatic heterocycles. The van der Waals surface area contributed by atoms with Crippen molar-refractivity contribution in [2.75, 3.05) is 25.5 Å². The van der Waals surface area contributed by atoms with Crippen LogP contribution in [0.25, 0.3) is 22.4 Å². The standard InChI is InChI=1S/C24H24F4N6O2S/c1-33-7-5-18(16(25)11-33)30-17-3-2-4-19-15(17)9-20(34(19)13-24(26,27)28)22-31-21(36-32-22)10-29-23(35)14-6-8-37-12-14/h2-4,6,8-9,12,16,18,30H,5,7,10-11,13H2,1H3,(H,29,35)/t16-,18+/m1/s1. The molecule has 0 spiro atoms. The summed E-state index contributed by atoms with van der Waals surface area (Å²) in [4.78, 5) is 18.3. The highest BCUT2D eigenvalue weighted by Gasteiger charge is 2.32. The molecule has 1 aliphatic rings. The fraction of sp³-hybridized carbons (Fsp3) is 0.375. The lowest BCUT2D eigenvalue weighted by Crippen LogP contribution is -2.46. The summed E-state index contributed by atoms with van der Waals surface area (Å²) in [5.74, 6) is -0.329. The molecule has 5 rings (SSSR count). The quantitative estimate of drug-likeness (QED) is 0.333. The first-order valence-corrected chi connectivity index (χ1v) is 12.5. The Balaban J connectivity index is 1.45. The zero-order valence-corrected chi connectivity index (χ0v) is 20.6. The van der Waals surface area contributed by atoms with Crippen LogP contribution in [0.1, 0.15) is 22.7 Å². The summed E-state index contributed by atoms with van der Waals surface area (Å²) in [5, 5.41) is 13.6. The number of anilines is 1. The van der Waals surface area contributed by atoms with E-state index in [1.54, 1.807) is 41.1 Å². The molecule has 0 unspecified atom stereocenters. The Labute approximate surface area is 213 Å². The molecule has 8 nitrogen and oxygen atoms in total. The Kier molecular flexibility index (Phi) is 6.90. The third kappa shape index (κ3) is 5.62. The number of amides is 1.